The summed E-state index contributed by atoms with van der Waals surface area (Å²) in [6, 6.07) is 8.84. The molecule has 2 aromatic rings. The summed E-state index contributed by atoms with van der Waals surface area (Å²) in [4.78, 5) is 14.9. The molecule has 98 valence electrons. The number of aryl methyl sites for hydroxylation is 1. The Hall–Kier alpha value is -1.88. The summed E-state index contributed by atoms with van der Waals surface area (Å²) in [5.41, 5.74) is 2.14. The molecule has 1 aromatic carbocycles. The summed E-state index contributed by atoms with van der Waals surface area (Å²) in [5, 5.41) is 9.35. The van der Waals surface area contributed by atoms with Gasteiger partial charge >= 0.3 is 5.97 Å². The van der Waals surface area contributed by atoms with Gasteiger partial charge in [-0.3, -0.25) is 0 Å². The van der Waals surface area contributed by atoms with Crippen molar-refractivity contribution >= 4 is 17.7 Å². The van der Waals surface area contributed by atoms with E-state index < -0.39 is 11.8 Å². The normalized spacial score (nSPS) is 10.4. The number of rotatable bonds is 4. The van der Waals surface area contributed by atoms with E-state index in [4.69, 9.17) is 5.11 Å². The summed E-state index contributed by atoms with van der Waals surface area (Å²) in [7, 11) is 0. The third-order valence-corrected chi connectivity index (χ3v) is 3.73. The number of halogens is 1. The standard InChI is InChI=1S/C14H12FNO2S/c1-9-4-2-3-5-10(9)8-19-13-12(14(17)18)6-11(15)7-16-13/h2-7H,8H2,1H3,(H,17,18). The first-order valence-electron chi connectivity index (χ1n) is 5.64. The zero-order chi connectivity index (χ0) is 13.8. The first kappa shape index (κ1) is 13.5. The molecule has 0 unspecified atom stereocenters. The molecule has 0 aliphatic rings. The number of thioether (sulfide) groups is 1. The lowest BCUT2D eigenvalue weighted by molar-refractivity contribution is 0.0691. The number of hydrogen-bond donors (Lipinski definition) is 1. The second-order valence-electron chi connectivity index (χ2n) is 4.03. The van der Waals surface area contributed by atoms with Crippen molar-refractivity contribution < 1.29 is 14.3 Å². The average molecular weight is 277 g/mol. The van der Waals surface area contributed by atoms with Gasteiger partial charge in [0.15, 0.2) is 0 Å². The van der Waals surface area contributed by atoms with Gasteiger partial charge in [0, 0.05) is 5.75 Å². The van der Waals surface area contributed by atoms with E-state index in [1.54, 1.807) is 0 Å². The van der Waals surface area contributed by atoms with Crippen LogP contribution in [0.4, 0.5) is 4.39 Å². The van der Waals surface area contributed by atoms with Crippen LogP contribution >= 0.6 is 11.8 Å². The van der Waals surface area contributed by atoms with Crippen molar-refractivity contribution in [2.45, 2.75) is 17.7 Å². The van der Waals surface area contributed by atoms with Crippen molar-refractivity contribution in [2.24, 2.45) is 0 Å². The van der Waals surface area contributed by atoms with Gasteiger partial charge in [0.05, 0.1) is 11.8 Å². The van der Waals surface area contributed by atoms with Gasteiger partial charge in [-0.1, -0.05) is 24.3 Å². The van der Waals surface area contributed by atoms with Gasteiger partial charge in [0.2, 0.25) is 0 Å². The number of pyridine rings is 1. The van der Waals surface area contributed by atoms with Crippen LogP contribution in [0.3, 0.4) is 0 Å². The number of nitrogens with zero attached hydrogens (tertiary/aromatic N) is 1. The van der Waals surface area contributed by atoms with Crippen LogP contribution in [0.5, 0.6) is 0 Å². The van der Waals surface area contributed by atoms with Crippen LogP contribution in [-0.2, 0) is 5.75 Å². The minimum Gasteiger partial charge on any atom is -0.478 e. The zero-order valence-corrected chi connectivity index (χ0v) is 11.1. The molecule has 0 aliphatic carbocycles. The monoisotopic (exact) mass is 277 g/mol. The predicted molar refractivity (Wildman–Crippen MR) is 71.9 cm³/mol. The molecular weight excluding hydrogens is 265 g/mol. The fraction of sp³-hybridized carbons (Fsp3) is 0.143. The summed E-state index contributed by atoms with van der Waals surface area (Å²) in [5.74, 6) is -1.21. The van der Waals surface area contributed by atoms with Gasteiger partial charge in [-0.25, -0.2) is 14.2 Å². The molecule has 1 aromatic heterocycles. The largest absolute Gasteiger partial charge is 0.478 e. The molecule has 0 fully saturated rings. The molecule has 1 heterocycles. The van der Waals surface area contributed by atoms with E-state index in [0.717, 1.165) is 23.4 Å². The fourth-order valence-corrected chi connectivity index (χ4v) is 2.66. The SMILES string of the molecule is Cc1ccccc1CSc1ncc(F)cc1C(=O)O. The Kier molecular flexibility index (Phi) is 4.16. The second kappa shape index (κ2) is 5.84. The van der Waals surface area contributed by atoms with Crippen LogP contribution in [0.2, 0.25) is 0 Å². The van der Waals surface area contributed by atoms with E-state index in [1.807, 2.05) is 31.2 Å². The van der Waals surface area contributed by atoms with Gasteiger partial charge in [-0.15, -0.1) is 11.8 Å². The minimum absolute atomic E-state index is 0.0985. The predicted octanol–water partition coefficient (Wildman–Crippen LogP) is 3.52. The maximum absolute atomic E-state index is 13.0. The molecule has 0 saturated carbocycles. The summed E-state index contributed by atoms with van der Waals surface area (Å²) >= 11 is 1.29. The number of carboxylic acids is 1. The molecule has 2 rings (SSSR count). The second-order valence-corrected chi connectivity index (χ2v) is 4.99. The van der Waals surface area contributed by atoms with Gasteiger partial charge in [0.25, 0.3) is 0 Å². The molecule has 0 radical (unpaired) electrons. The van der Waals surface area contributed by atoms with Crippen LogP contribution in [0.15, 0.2) is 41.6 Å². The molecule has 0 amide bonds. The lowest BCUT2D eigenvalue weighted by Gasteiger charge is -2.07. The third kappa shape index (κ3) is 3.32. The van der Waals surface area contributed by atoms with Crippen LogP contribution in [0, 0.1) is 12.7 Å². The molecular formula is C14H12FNO2S. The molecule has 0 aliphatic heterocycles. The van der Waals surface area contributed by atoms with Crippen molar-refractivity contribution in [3.8, 4) is 0 Å². The van der Waals surface area contributed by atoms with Gasteiger partial charge < -0.3 is 5.11 Å². The molecule has 19 heavy (non-hydrogen) atoms. The van der Waals surface area contributed by atoms with Gasteiger partial charge in [0.1, 0.15) is 10.8 Å². The van der Waals surface area contributed by atoms with Crippen molar-refractivity contribution in [1.29, 1.82) is 0 Å². The molecule has 5 heteroatoms. The van der Waals surface area contributed by atoms with Gasteiger partial charge in [-0.2, -0.15) is 0 Å². The summed E-state index contributed by atoms with van der Waals surface area (Å²) in [6.45, 7) is 1.99. The number of aromatic carboxylic acids is 1. The molecule has 1 N–H and O–H groups in total. The number of aromatic nitrogens is 1. The van der Waals surface area contributed by atoms with E-state index in [2.05, 4.69) is 4.98 Å². The van der Waals surface area contributed by atoms with E-state index in [0.29, 0.717) is 10.8 Å². The lowest BCUT2D eigenvalue weighted by Crippen LogP contribution is -2.02. The minimum atomic E-state index is -1.17. The van der Waals surface area contributed by atoms with Crippen molar-refractivity contribution in [3.05, 3.63) is 59.0 Å². The van der Waals surface area contributed by atoms with E-state index >= 15 is 0 Å². The number of hydrogen-bond acceptors (Lipinski definition) is 3. The quantitative estimate of drug-likeness (QED) is 0.869. The first-order valence-corrected chi connectivity index (χ1v) is 6.62. The average Bonchev–Trinajstić information content (AvgIpc) is 2.38. The molecule has 3 nitrogen and oxygen atoms in total. The molecule has 0 atom stereocenters. The third-order valence-electron chi connectivity index (χ3n) is 2.67. The van der Waals surface area contributed by atoms with Crippen LogP contribution in [-0.4, -0.2) is 16.1 Å². The smallest absolute Gasteiger partial charge is 0.338 e. The Balaban J connectivity index is 2.20. The highest BCUT2D eigenvalue weighted by Crippen LogP contribution is 2.26. The van der Waals surface area contributed by atoms with Crippen molar-refractivity contribution in [3.63, 3.8) is 0 Å². The highest BCUT2D eigenvalue weighted by molar-refractivity contribution is 7.98. The maximum Gasteiger partial charge on any atom is 0.338 e. The highest BCUT2D eigenvalue weighted by atomic mass is 32.2. The maximum atomic E-state index is 13.0. The Bertz CT molecular complexity index is 616. The molecule has 0 bridgehead atoms. The number of carboxylic acid groups (broad SMARTS) is 1. The molecule has 0 saturated heterocycles. The van der Waals surface area contributed by atoms with Gasteiger partial charge in [-0.05, 0) is 24.1 Å². The Labute approximate surface area is 114 Å². The van der Waals surface area contributed by atoms with E-state index in [9.17, 15) is 9.18 Å². The highest BCUT2D eigenvalue weighted by Gasteiger charge is 2.13. The fourth-order valence-electron chi connectivity index (χ4n) is 1.61. The summed E-state index contributed by atoms with van der Waals surface area (Å²) in [6.07, 6.45) is 1.03. The van der Waals surface area contributed by atoms with Crippen molar-refractivity contribution in [2.75, 3.05) is 0 Å². The first-order chi connectivity index (χ1) is 9.08. The van der Waals surface area contributed by atoms with Crippen LogP contribution in [0.1, 0.15) is 21.5 Å². The number of carbonyl (C=O) groups is 1. The Morgan fingerprint density at radius 1 is 1.42 bits per heavy atom. The Morgan fingerprint density at radius 3 is 2.84 bits per heavy atom. The Morgan fingerprint density at radius 2 is 2.16 bits per heavy atom. The molecule has 0 spiro atoms. The van der Waals surface area contributed by atoms with E-state index in [1.165, 1.54) is 11.8 Å². The van der Waals surface area contributed by atoms with Crippen LogP contribution < -0.4 is 0 Å². The van der Waals surface area contributed by atoms with E-state index in [-0.39, 0.29) is 5.56 Å². The van der Waals surface area contributed by atoms with Crippen molar-refractivity contribution in [1.82, 2.24) is 4.98 Å². The van der Waals surface area contributed by atoms with Crippen LogP contribution in [0.25, 0.3) is 0 Å². The summed E-state index contributed by atoms with van der Waals surface area (Å²) < 4.78 is 13.0. The zero-order valence-electron chi connectivity index (χ0n) is 10.3. The lowest BCUT2D eigenvalue weighted by atomic mass is 10.1. The topological polar surface area (TPSA) is 50.2 Å². The number of benzene rings is 1.